The molecule has 0 saturated heterocycles. The first kappa shape index (κ1) is 25.9. The van der Waals surface area contributed by atoms with Gasteiger partial charge in [0.1, 0.15) is 5.75 Å². The normalized spacial score (nSPS) is 10.7. The Bertz CT molecular complexity index is 511. The van der Waals surface area contributed by atoms with E-state index in [0.717, 1.165) is 62.4 Å². The van der Waals surface area contributed by atoms with Crippen molar-refractivity contribution in [3.05, 3.63) is 29.3 Å². The van der Waals surface area contributed by atoms with Crippen molar-refractivity contribution < 1.29 is 9.53 Å². The van der Waals surface area contributed by atoms with Crippen LogP contribution in [0.5, 0.6) is 5.75 Å². The highest BCUT2D eigenvalue weighted by Crippen LogP contribution is 2.22. The summed E-state index contributed by atoms with van der Waals surface area (Å²) in [5.74, 6) is 1.18. The Kier molecular flexibility index (Phi) is 15.3. The molecule has 0 aliphatic carbocycles. The van der Waals surface area contributed by atoms with Crippen LogP contribution >= 0.6 is 12.4 Å². The molecule has 1 aromatic carbocycles. The number of unbranched alkanes of at least 4 members (excludes halogenated alkanes) is 3. The molecule has 1 rings (SSSR count). The lowest BCUT2D eigenvalue weighted by molar-refractivity contribution is 0.0963. The molecule has 27 heavy (non-hydrogen) atoms. The highest BCUT2D eigenvalue weighted by Gasteiger charge is 2.12. The molecule has 0 aliphatic rings. The third-order valence-corrected chi connectivity index (χ3v) is 4.83. The van der Waals surface area contributed by atoms with Gasteiger partial charge < -0.3 is 9.64 Å². The maximum atomic E-state index is 12.7. The van der Waals surface area contributed by atoms with Crippen LogP contribution in [-0.4, -0.2) is 36.9 Å². The molecule has 0 saturated carbocycles. The van der Waals surface area contributed by atoms with E-state index in [1.165, 1.54) is 25.7 Å². The third kappa shape index (κ3) is 10.2. The van der Waals surface area contributed by atoms with Crippen LogP contribution in [0, 0.1) is 0 Å². The monoisotopic (exact) mass is 397 g/mol. The smallest absolute Gasteiger partial charge is 0.164 e. The van der Waals surface area contributed by atoms with Crippen molar-refractivity contribution in [2.45, 2.75) is 79.1 Å². The summed E-state index contributed by atoms with van der Waals surface area (Å²) in [5, 5.41) is 0. The summed E-state index contributed by atoms with van der Waals surface area (Å²) in [6, 6.07) is 5.95. The summed E-state index contributed by atoms with van der Waals surface area (Å²) in [7, 11) is 0. The number of carbonyl (C=O) groups excluding carboxylic acids is 1. The standard InChI is InChI=1S/C23H39NO2.ClH/c1-5-9-15-24(16-10-6-2)17-14-22(25)21-12-13-23(20(8-4)19-21)26-18-11-7-3;/h12-13,19H,5-11,14-18H2,1-4H3;1H. The Morgan fingerprint density at radius 3 is 2.11 bits per heavy atom. The molecule has 0 aliphatic heterocycles. The maximum absolute atomic E-state index is 12.7. The van der Waals surface area contributed by atoms with Gasteiger partial charge in [-0.05, 0) is 62.5 Å². The summed E-state index contributed by atoms with van der Waals surface area (Å²) in [4.78, 5) is 15.1. The number of rotatable bonds is 15. The van der Waals surface area contributed by atoms with Crippen LogP contribution in [0.2, 0.25) is 0 Å². The number of hydrogen-bond acceptors (Lipinski definition) is 3. The van der Waals surface area contributed by atoms with E-state index in [0.29, 0.717) is 6.42 Å². The van der Waals surface area contributed by atoms with Gasteiger partial charge in [0.15, 0.2) is 5.78 Å². The minimum Gasteiger partial charge on any atom is -0.493 e. The van der Waals surface area contributed by atoms with Crippen molar-refractivity contribution in [3.8, 4) is 5.75 Å². The van der Waals surface area contributed by atoms with E-state index < -0.39 is 0 Å². The van der Waals surface area contributed by atoms with E-state index in [1.54, 1.807) is 0 Å². The van der Waals surface area contributed by atoms with E-state index in [-0.39, 0.29) is 18.2 Å². The molecule has 0 unspecified atom stereocenters. The fourth-order valence-corrected chi connectivity index (χ4v) is 3.00. The summed E-state index contributed by atoms with van der Waals surface area (Å²) >= 11 is 0. The van der Waals surface area contributed by atoms with Gasteiger partial charge in [-0.15, -0.1) is 12.4 Å². The molecule has 156 valence electrons. The van der Waals surface area contributed by atoms with Crippen molar-refractivity contribution in [2.75, 3.05) is 26.2 Å². The molecule has 0 heterocycles. The Hall–Kier alpha value is -1.06. The number of benzene rings is 1. The quantitative estimate of drug-likeness (QED) is 0.256. The second kappa shape index (κ2) is 15.9. The fourth-order valence-electron chi connectivity index (χ4n) is 3.00. The minimum absolute atomic E-state index is 0. The van der Waals surface area contributed by atoms with Gasteiger partial charge in [-0.1, -0.05) is 47.0 Å². The van der Waals surface area contributed by atoms with Gasteiger partial charge in [-0.25, -0.2) is 0 Å². The van der Waals surface area contributed by atoms with Crippen molar-refractivity contribution in [1.29, 1.82) is 0 Å². The number of nitrogens with zero attached hydrogens (tertiary/aromatic N) is 1. The van der Waals surface area contributed by atoms with Crippen LogP contribution in [0.3, 0.4) is 0 Å². The predicted molar refractivity (Wildman–Crippen MR) is 119 cm³/mol. The highest BCUT2D eigenvalue weighted by molar-refractivity contribution is 5.96. The third-order valence-electron chi connectivity index (χ3n) is 4.83. The Labute approximate surface area is 173 Å². The van der Waals surface area contributed by atoms with Gasteiger partial charge in [0.2, 0.25) is 0 Å². The molecule has 0 aromatic heterocycles. The van der Waals surface area contributed by atoms with E-state index in [2.05, 4.69) is 32.6 Å². The molecule has 0 radical (unpaired) electrons. The van der Waals surface area contributed by atoms with Crippen LogP contribution in [0.4, 0.5) is 0 Å². The van der Waals surface area contributed by atoms with Gasteiger partial charge in [0, 0.05) is 18.5 Å². The lowest BCUT2D eigenvalue weighted by atomic mass is 10.0. The highest BCUT2D eigenvalue weighted by atomic mass is 35.5. The first-order valence-corrected chi connectivity index (χ1v) is 10.7. The average molecular weight is 398 g/mol. The zero-order chi connectivity index (χ0) is 19.2. The Morgan fingerprint density at radius 2 is 1.56 bits per heavy atom. The van der Waals surface area contributed by atoms with Crippen molar-refractivity contribution >= 4 is 18.2 Å². The van der Waals surface area contributed by atoms with Gasteiger partial charge in [-0.2, -0.15) is 0 Å². The van der Waals surface area contributed by atoms with E-state index >= 15 is 0 Å². The minimum atomic E-state index is 0. The Balaban J connectivity index is 0.00000676. The molecule has 0 N–H and O–H groups in total. The molecule has 0 atom stereocenters. The van der Waals surface area contributed by atoms with Crippen LogP contribution in [-0.2, 0) is 6.42 Å². The van der Waals surface area contributed by atoms with Gasteiger partial charge in [-0.3, -0.25) is 4.79 Å². The number of hydrogen-bond donors (Lipinski definition) is 0. The van der Waals surface area contributed by atoms with Gasteiger partial charge in [0.05, 0.1) is 6.61 Å². The van der Waals surface area contributed by atoms with Crippen LogP contribution in [0.15, 0.2) is 18.2 Å². The number of aryl methyl sites for hydroxylation is 1. The molecule has 0 spiro atoms. The first-order valence-electron chi connectivity index (χ1n) is 10.7. The number of ether oxygens (including phenoxy) is 1. The zero-order valence-corrected chi connectivity index (χ0v) is 18.7. The summed E-state index contributed by atoms with van der Waals surface area (Å²) < 4.78 is 5.87. The largest absolute Gasteiger partial charge is 0.493 e. The summed E-state index contributed by atoms with van der Waals surface area (Å²) in [6.07, 6.45) is 8.52. The van der Waals surface area contributed by atoms with Gasteiger partial charge >= 0.3 is 0 Å². The zero-order valence-electron chi connectivity index (χ0n) is 17.9. The van der Waals surface area contributed by atoms with Crippen molar-refractivity contribution in [2.24, 2.45) is 0 Å². The topological polar surface area (TPSA) is 29.5 Å². The molecular weight excluding hydrogens is 358 g/mol. The first-order chi connectivity index (χ1) is 12.7. The van der Waals surface area contributed by atoms with Crippen molar-refractivity contribution in [1.82, 2.24) is 4.90 Å². The molecule has 1 aromatic rings. The number of carbonyl (C=O) groups is 1. The number of ketones is 1. The fraction of sp³-hybridized carbons (Fsp3) is 0.696. The second-order valence-electron chi connectivity index (χ2n) is 7.10. The van der Waals surface area contributed by atoms with Crippen molar-refractivity contribution in [3.63, 3.8) is 0 Å². The molecule has 3 nitrogen and oxygen atoms in total. The molecule has 0 bridgehead atoms. The number of halogens is 1. The number of Topliss-reactive ketones (excluding diaryl/α,β-unsaturated/α-hetero) is 1. The molecule has 0 fully saturated rings. The summed E-state index contributed by atoms with van der Waals surface area (Å²) in [5.41, 5.74) is 1.97. The molecule has 0 amide bonds. The SMILES string of the molecule is CCCCOc1ccc(C(=O)CCN(CCCC)CCCC)cc1CC.Cl. The summed E-state index contributed by atoms with van der Waals surface area (Å²) in [6.45, 7) is 12.6. The molecular formula is C23H40ClNO2. The average Bonchev–Trinajstić information content (AvgIpc) is 2.67. The van der Waals surface area contributed by atoms with Crippen LogP contribution in [0.25, 0.3) is 0 Å². The predicted octanol–water partition coefficient (Wildman–Crippen LogP) is 6.32. The lowest BCUT2D eigenvalue weighted by Gasteiger charge is -2.21. The Morgan fingerprint density at radius 1 is 0.926 bits per heavy atom. The van der Waals surface area contributed by atoms with E-state index in [4.69, 9.17) is 4.74 Å². The van der Waals surface area contributed by atoms with Crippen LogP contribution in [0.1, 0.15) is 88.6 Å². The molecule has 4 heteroatoms. The van der Waals surface area contributed by atoms with E-state index in [1.807, 2.05) is 18.2 Å². The van der Waals surface area contributed by atoms with E-state index in [9.17, 15) is 4.79 Å². The van der Waals surface area contributed by atoms with Crippen LogP contribution < -0.4 is 4.74 Å². The second-order valence-corrected chi connectivity index (χ2v) is 7.10. The van der Waals surface area contributed by atoms with Gasteiger partial charge in [0.25, 0.3) is 0 Å². The lowest BCUT2D eigenvalue weighted by Crippen LogP contribution is -2.28. The maximum Gasteiger partial charge on any atom is 0.164 e.